The van der Waals surface area contributed by atoms with E-state index in [0.29, 0.717) is 5.82 Å². The lowest BCUT2D eigenvalue weighted by Crippen LogP contribution is -2.16. The molecule has 0 aliphatic carbocycles. The number of halogens is 1. The number of aromatic nitrogens is 1. The molecule has 0 bridgehead atoms. The number of carbonyl (C=O) groups is 1. The van der Waals surface area contributed by atoms with Crippen LogP contribution in [-0.4, -0.2) is 10.9 Å². The second kappa shape index (κ2) is 5.06. The number of nitrogens with one attached hydrogen (secondary N) is 1. The molecule has 19 heavy (non-hydrogen) atoms. The van der Waals surface area contributed by atoms with Crippen molar-refractivity contribution in [2.75, 3.05) is 11.1 Å². The monoisotopic (exact) mass is 259 g/mol. The minimum atomic E-state index is -0.610. The molecule has 0 saturated carbocycles. The number of para-hydroxylation sites is 1. The second-order valence-electron chi connectivity index (χ2n) is 4.33. The van der Waals surface area contributed by atoms with E-state index in [9.17, 15) is 9.18 Å². The maximum atomic E-state index is 13.3. The molecule has 0 fully saturated rings. The number of hydrogen-bond acceptors (Lipinski definition) is 3. The van der Waals surface area contributed by atoms with Gasteiger partial charge in [0.15, 0.2) is 0 Å². The van der Waals surface area contributed by atoms with Gasteiger partial charge in [-0.25, -0.2) is 9.37 Å². The van der Waals surface area contributed by atoms with Crippen molar-refractivity contribution in [1.29, 1.82) is 0 Å². The summed E-state index contributed by atoms with van der Waals surface area (Å²) in [7, 11) is 0. The molecule has 0 saturated heterocycles. The van der Waals surface area contributed by atoms with Gasteiger partial charge in [0, 0.05) is 5.69 Å². The molecule has 1 aromatic heterocycles. The van der Waals surface area contributed by atoms with Gasteiger partial charge in [0.2, 0.25) is 0 Å². The van der Waals surface area contributed by atoms with E-state index in [1.54, 1.807) is 6.07 Å². The van der Waals surface area contributed by atoms with Gasteiger partial charge in [-0.05, 0) is 43.7 Å². The highest BCUT2D eigenvalue weighted by Crippen LogP contribution is 2.17. The van der Waals surface area contributed by atoms with Crippen LogP contribution in [0.15, 0.2) is 30.3 Å². The van der Waals surface area contributed by atoms with Crippen molar-refractivity contribution in [1.82, 2.24) is 4.98 Å². The van der Waals surface area contributed by atoms with Crippen LogP contribution in [0, 0.1) is 19.7 Å². The fourth-order valence-electron chi connectivity index (χ4n) is 1.82. The lowest BCUT2D eigenvalue weighted by molar-refractivity contribution is 0.102. The van der Waals surface area contributed by atoms with E-state index in [1.807, 2.05) is 19.9 Å². The van der Waals surface area contributed by atoms with E-state index in [4.69, 9.17) is 5.73 Å². The number of amides is 1. The molecule has 0 aliphatic rings. The number of hydrogen-bond donors (Lipinski definition) is 2. The normalized spacial score (nSPS) is 10.3. The van der Waals surface area contributed by atoms with Crippen LogP contribution >= 0.6 is 0 Å². The Morgan fingerprint density at radius 1 is 1.32 bits per heavy atom. The van der Waals surface area contributed by atoms with Gasteiger partial charge < -0.3 is 11.1 Å². The van der Waals surface area contributed by atoms with Gasteiger partial charge >= 0.3 is 0 Å². The van der Waals surface area contributed by atoms with Crippen molar-refractivity contribution in [3.05, 3.63) is 53.0 Å². The molecule has 1 amide bonds. The summed E-state index contributed by atoms with van der Waals surface area (Å²) in [4.78, 5) is 16.2. The van der Waals surface area contributed by atoms with Gasteiger partial charge in [0.25, 0.3) is 5.91 Å². The zero-order chi connectivity index (χ0) is 14.0. The Bertz CT molecular complexity index is 620. The first-order chi connectivity index (χ1) is 8.97. The molecular weight excluding hydrogens is 245 g/mol. The topological polar surface area (TPSA) is 68.0 Å². The summed E-state index contributed by atoms with van der Waals surface area (Å²) in [5.41, 5.74) is 7.25. The Balaban J connectivity index is 2.28. The third-order valence-corrected chi connectivity index (χ3v) is 2.64. The van der Waals surface area contributed by atoms with Crippen LogP contribution in [0.25, 0.3) is 0 Å². The standard InChI is InChI=1S/C14H14FN3O/c1-8-6-9(2)17-12(7-8)18-14(19)10-4-3-5-11(15)13(10)16/h3-7H,16H2,1-2H3,(H,17,18,19). The highest BCUT2D eigenvalue weighted by atomic mass is 19.1. The number of carbonyl (C=O) groups excluding carboxylic acids is 1. The lowest BCUT2D eigenvalue weighted by atomic mass is 10.1. The number of aryl methyl sites for hydroxylation is 2. The number of nitrogens with two attached hydrogens (primary N) is 1. The number of nitrogens with zero attached hydrogens (tertiary/aromatic N) is 1. The highest BCUT2D eigenvalue weighted by Gasteiger charge is 2.13. The molecule has 1 heterocycles. The first kappa shape index (κ1) is 13.0. The van der Waals surface area contributed by atoms with Crippen LogP contribution in [0.2, 0.25) is 0 Å². The van der Waals surface area contributed by atoms with Gasteiger partial charge in [-0.3, -0.25) is 4.79 Å². The lowest BCUT2D eigenvalue weighted by Gasteiger charge is -2.08. The summed E-state index contributed by atoms with van der Waals surface area (Å²) in [6.45, 7) is 3.74. The smallest absolute Gasteiger partial charge is 0.259 e. The minimum absolute atomic E-state index is 0.0981. The molecule has 5 heteroatoms. The Morgan fingerprint density at radius 3 is 2.74 bits per heavy atom. The summed E-state index contributed by atoms with van der Waals surface area (Å²) >= 11 is 0. The van der Waals surface area contributed by atoms with Crippen molar-refractivity contribution in [2.45, 2.75) is 13.8 Å². The van der Waals surface area contributed by atoms with Crippen molar-refractivity contribution in [3.63, 3.8) is 0 Å². The number of pyridine rings is 1. The molecule has 3 N–H and O–H groups in total. The Kier molecular flexibility index (Phi) is 3.46. The molecule has 0 atom stereocenters. The van der Waals surface area contributed by atoms with Crippen molar-refractivity contribution < 1.29 is 9.18 Å². The van der Waals surface area contributed by atoms with Crippen molar-refractivity contribution >= 4 is 17.4 Å². The Labute approximate surface area is 110 Å². The van der Waals surface area contributed by atoms with Gasteiger partial charge in [-0.15, -0.1) is 0 Å². The number of anilines is 2. The van der Waals surface area contributed by atoms with E-state index < -0.39 is 11.7 Å². The SMILES string of the molecule is Cc1cc(C)nc(NC(=O)c2cccc(F)c2N)c1. The van der Waals surface area contributed by atoms with Crippen LogP contribution in [0.4, 0.5) is 15.9 Å². The summed E-state index contributed by atoms with van der Waals surface area (Å²) < 4.78 is 13.3. The van der Waals surface area contributed by atoms with Crippen LogP contribution in [0.3, 0.4) is 0 Å². The van der Waals surface area contributed by atoms with Crippen molar-refractivity contribution in [2.24, 2.45) is 0 Å². The number of rotatable bonds is 2. The average Bonchev–Trinajstić information content (AvgIpc) is 2.31. The minimum Gasteiger partial charge on any atom is -0.396 e. The number of nitrogen functional groups attached to an aromatic ring is 1. The van der Waals surface area contributed by atoms with Crippen LogP contribution in [0.1, 0.15) is 21.6 Å². The van der Waals surface area contributed by atoms with E-state index in [1.165, 1.54) is 18.2 Å². The molecule has 0 radical (unpaired) electrons. The van der Waals surface area contributed by atoms with E-state index in [2.05, 4.69) is 10.3 Å². The zero-order valence-corrected chi connectivity index (χ0v) is 10.7. The summed E-state index contributed by atoms with van der Waals surface area (Å²) in [6, 6.07) is 7.75. The maximum Gasteiger partial charge on any atom is 0.259 e. The molecule has 4 nitrogen and oxygen atoms in total. The summed E-state index contributed by atoms with van der Waals surface area (Å²) in [5.74, 6) is -0.665. The third kappa shape index (κ3) is 2.88. The largest absolute Gasteiger partial charge is 0.396 e. The van der Waals surface area contributed by atoms with E-state index >= 15 is 0 Å². The second-order valence-corrected chi connectivity index (χ2v) is 4.33. The highest BCUT2D eigenvalue weighted by molar-refractivity contribution is 6.07. The fraction of sp³-hybridized carbons (Fsp3) is 0.143. The molecule has 2 aromatic rings. The predicted molar refractivity (Wildman–Crippen MR) is 72.5 cm³/mol. The molecule has 98 valence electrons. The van der Waals surface area contributed by atoms with Crippen molar-refractivity contribution in [3.8, 4) is 0 Å². The molecule has 2 rings (SSSR count). The Hall–Kier alpha value is -2.43. The van der Waals surface area contributed by atoms with E-state index in [0.717, 1.165) is 11.3 Å². The summed E-state index contributed by atoms with van der Waals surface area (Å²) in [6.07, 6.45) is 0. The third-order valence-electron chi connectivity index (χ3n) is 2.64. The van der Waals surface area contributed by atoms with Gasteiger partial charge in [0.05, 0.1) is 11.3 Å². The number of benzene rings is 1. The molecule has 0 spiro atoms. The van der Waals surface area contributed by atoms with E-state index in [-0.39, 0.29) is 11.3 Å². The van der Waals surface area contributed by atoms with Gasteiger partial charge in [-0.2, -0.15) is 0 Å². The fourth-order valence-corrected chi connectivity index (χ4v) is 1.82. The maximum absolute atomic E-state index is 13.3. The van der Waals surface area contributed by atoms with Crippen LogP contribution in [-0.2, 0) is 0 Å². The van der Waals surface area contributed by atoms with Gasteiger partial charge in [0.1, 0.15) is 11.6 Å². The average molecular weight is 259 g/mol. The quantitative estimate of drug-likeness (QED) is 0.815. The molecule has 0 unspecified atom stereocenters. The molecular formula is C14H14FN3O. The van der Waals surface area contributed by atoms with Crippen LogP contribution in [0.5, 0.6) is 0 Å². The first-order valence-corrected chi connectivity index (χ1v) is 5.78. The zero-order valence-electron chi connectivity index (χ0n) is 10.7. The molecule has 1 aromatic carbocycles. The Morgan fingerprint density at radius 2 is 2.05 bits per heavy atom. The summed E-state index contributed by atoms with van der Waals surface area (Å²) in [5, 5.41) is 2.61. The first-order valence-electron chi connectivity index (χ1n) is 5.78. The molecule has 0 aliphatic heterocycles. The predicted octanol–water partition coefficient (Wildman–Crippen LogP) is 2.67. The van der Waals surface area contributed by atoms with Gasteiger partial charge in [-0.1, -0.05) is 6.07 Å². The van der Waals surface area contributed by atoms with Crippen LogP contribution < -0.4 is 11.1 Å².